The molecule has 0 atom stereocenters. The van der Waals surface area contributed by atoms with Gasteiger partial charge in [0.15, 0.2) is 0 Å². The second kappa shape index (κ2) is 9.34. The van der Waals surface area contributed by atoms with Crippen LogP contribution in [0, 0.1) is 6.92 Å². The molecule has 6 heteroatoms. The zero-order valence-electron chi connectivity index (χ0n) is 15.4. The van der Waals surface area contributed by atoms with Gasteiger partial charge in [-0.1, -0.05) is 18.6 Å². The van der Waals surface area contributed by atoms with E-state index in [0.29, 0.717) is 38.9 Å². The van der Waals surface area contributed by atoms with Crippen molar-refractivity contribution >= 4 is 21.6 Å². The van der Waals surface area contributed by atoms with E-state index in [2.05, 4.69) is 0 Å². The maximum atomic E-state index is 12.5. The number of anilines is 1. The monoisotopic (exact) mass is 366 g/mol. The Balaban J connectivity index is 1.81. The first kappa shape index (κ1) is 19.9. The Hall–Kier alpha value is -1.40. The number of unbranched alkanes of at least 4 members (excludes halogenated alkanes) is 1. The van der Waals surface area contributed by atoms with Crippen LogP contribution in [0.3, 0.4) is 0 Å². The van der Waals surface area contributed by atoms with Gasteiger partial charge >= 0.3 is 0 Å². The Morgan fingerprint density at radius 2 is 1.88 bits per heavy atom. The number of aryl methyl sites for hydroxylation is 1. The average Bonchev–Trinajstić information content (AvgIpc) is 2.60. The number of amides is 1. The second-order valence-electron chi connectivity index (χ2n) is 6.71. The van der Waals surface area contributed by atoms with E-state index in [1.807, 2.05) is 38.1 Å². The van der Waals surface area contributed by atoms with Crippen LogP contribution in [-0.4, -0.2) is 44.0 Å². The van der Waals surface area contributed by atoms with Crippen molar-refractivity contribution in [3.63, 3.8) is 0 Å². The molecule has 2 rings (SSSR count). The molecular formula is C19H30N2O3S. The summed E-state index contributed by atoms with van der Waals surface area (Å²) in [7, 11) is -3.16. The van der Waals surface area contributed by atoms with E-state index in [1.165, 1.54) is 0 Å². The first-order chi connectivity index (χ1) is 11.9. The molecule has 140 valence electrons. The van der Waals surface area contributed by atoms with Gasteiger partial charge in [0.05, 0.1) is 5.75 Å². The van der Waals surface area contributed by atoms with Crippen molar-refractivity contribution < 1.29 is 13.2 Å². The normalized spacial score (nSPS) is 15.9. The Bertz CT molecular complexity index is 667. The lowest BCUT2D eigenvalue weighted by Gasteiger charge is -2.26. The van der Waals surface area contributed by atoms with E-state index in [9.17, 15) is 13.2 Å². The molecule has 1 fully saturated rings. The summed E-state index contributed by atoms with van der Waals surface area (Å²) in [4.78, 5) is 14.2. The highest BCUT2D eigenvalue weighted by Gasteiger charge is 2.23. The Morgan fingerprint density at radius 3 is 2.52 bits per heavy atom. The second-order valence-corrected chi connectivity index (χ2v) is 8.80. The minimum Gasteiger partial charge on any atom is -0.313 e. The molecular weight excluding hydrogens is 336 g/mol. The molecule has 0 spiro atoms. The van der Waals surface area contributed by atoms with E-state index in [1.54, 1.807) is 9.21 Å². The fourth-order valence-electron chi connectivity index (χ4n) is 3.27. The number of rotatable bonds is 8. The van der Waals surface area contributed by atoms with Gasteiger partial charge in [0, 0.05) is 31.7 Å². The summed E-state index contributed by atoms with van der Waals surface area (Å²) in [6, 6.07) is 7.90. The molecule has 1 aromatic carbocycles. The highest BCUT2D eigenvalue weighted by molar-refractivity contribution is 7.89. The number of nitrogens with zero attached hydrogens (tertiary/aromatic N) is 2. The lowest BCUT2D eigenvalue weighted by atomic mass is 10.2. The first-order valence-electron chi connectivity index (χ1n) is 9.29. The van der Waals surface area contributed by atoms with Crippen molar-refractivity contribution in [1.29, 1.82) is 0 Å². The van der Waals surface area contributed by atoms with Crippen LogP contribution in [0.2, 0.25) is 0 Å². The van der Waals surface area contributed by atoms with E-state index in [0.717, 1.165) is 30.5 Å². The molecule has 5 nitrogen and oxygen atoms in total. The topological polar surface area (TPSA) is 57.7 Å². The number of carbonyl (C=O) groups excluding carboxylic acids is 1. The summed E-state index contributed by atoms with van der Waals surface area (Å²) >= 11 is 0. The number of benzene rings is 1. The number of piperidine rings is 1. The van der Waals surface area contributed by atoms with Gasteiger partial charge in [-0.25, -0.2) is 12.7 Å². The van der Waals surface area contributed by atoms with E-state index in [-0.39, 0.29) is 11.7 Å². The summed E-state index contributed by atoms with van der Waals surface area (Å²) in [5.41, 5.74) is 2.03. The van der Waals surface area contributed by atoms with Crippen molar-refractivity contribution in [3.05, 3.63) is 29.8 Å². The molecule has 0 aromatic heterocycles. The summed E-state index contributed by atoms with van der Waals surface area (Å²) < 4.78 is 26.2. The van der Waals surface area contributed by atoms with Gasteiger partial charge in [0.1, 0.15) is 0 Å². The van der Waals surface area contributed by atoms with Crippen molar-refractivity contribution in [1.82, 2.24) is 4.31 Å². The largest absolute Gasteiger partial charge is 0.313 e. The predicted molar refractivity (Wildman–Crippen MR) is 102 cm³/mol. The maximum Gasteiger partial charge on any atom is 0.226 e. The van der Waals surface area contributed by atoms with Crippen LogP contribution in [0.5, 0.6) is 0 Å². The molecule has 1 heterocycles. The van der Waals surface area contributed by atoms with Crippen LogP contribution in [0.4, 0.5) is 5.69 Å². The molecule has 1 aromatic rings. The fourth-order valence-corrected chi connectivity index (χ4v) is 4.91. The van der Waals surface area contributed by atoms with Crippen LogP contribution < -0.4 is 4.90 Å². The van der Waals surface area contributed by atoms with Crippen LogP contribution in [0.1, 0.15) is 51.0 Å². The Kier molecular flexibility index (Phi) is 7.44. The van der Waals surface area contributed by atoms with Crippen LogP contribution >= 0.6 is 0 Å². The average molecular weight is 367 g/mol. The smallest absolute Gasteiger partial charge is 0.226 e. The third-order valence-electron chi connectivity index (χ3n) is 4.68. The molecule has 0 saturated carbocycles. The summed E-state index contributed by atoms with van der Waals surface area (Å²) in [6.45, 7) is 5.89. The zero-order chi connectivity index (χ0) is 18.3. The quantitative estimate of drug-likeness (QED) is 0.663. The van der Waals surface area contributed by atoms with E-state index >= 15 is 0 Å². The molecule has 0 N–H and O–H groups in total. The van der Waals surface area contributed by atoms with Crippen LogP contribution in [-0.2, 0) is 14.8 Å². The predicted octanol–water partition coefficient (Wildman–Crippen LogP) is 3.33. The minimum absolute atomic E-state index is 0.0588. The molecule has 1 aliphatic rings. The fraction of sp³-hybridized carbons (Fsp3) is 0.632. The van der Waals surface area contributed by atoms with Crippen LogP contribution in [0.25, 0.3) is 0 Å². The third-order valence-corrected chi connectivity index (χ3v) is 6.64. The minimum atomic E-state index is -3.16. The van der Waals surface area contributed by atoms with Gasteiger partial charge in [-0.15, -0.1) is 0 Å². The Labute approximate surface area is 152 Å². The van der Waals surface area contributed by atoms with Gasteiger partial charge in [-0.3, -0.25) is 4.79 Å². The molecule has 1 saturated heterocycles. The molecule has 25 heavy (non-hydrogen) atoms. The van der Waals surface area contributed by atoms with Crippen molar-refractivity contribution in [3.8, 4) is 0 Å². The molecule has 0 bridgehead atoms. The number of hydrogen-bond acceptors (Lipinski definition) is 3. The summed E-state index contributed by atoms with van der Waals surface area (Å²) in [5, 5.41) is 0. The molecule has 0 aliphatic carbocycles. The molecule has 0 radical (unpaired) electrons. The third kappa shape index (κ3) is 5.82. The lowest BCUT2D eigenvalue weighted by Crippen LogP contribution is -2.37. The molecule has 0 unspecified atom stereocenters. The lowest BCUT2D eigenvalue weighted by molar-refractivity contribution is -0.118. The van der Waals surface area contributed by atoms with Crippen molar-refractivity contribution in [2.45, 2.75) is 52.4 Å². The van der Waals surface area contributed by atoms with Gasteiger partial charge < -0.3 is 4.90 Å². The number of hydrogen-bond donors (Lipinski definition) is 0. The summed E-state index contributed by atoms with van der Waals surface area (Å²) in [6.07, 6.45) is 4.56. The van der Waals surface area contributed by atoms with Crippen molar-refractivity contribution in [2.75, 3.05) is 30.3 Å². The molecule has 1 aliphatic heterocycles. The van der Waals surface area contributed by atoms with Crippen molar-refractivity contribution in [2.24, 2.45) is 0 Å². The molecule has 1 amide bonds. The number of carbonyl (C=O) groups is 1. The maximum absolute atomic E-state index is 12.5. The highest BCUT2D eigenvalue weighted by Crippen LogP contribution is 2.18. The van der Waals surface area contributed by atoms with Gasteiger partial charge in [0.25, 0.3) is 0 Å². The highest BCUT2D eigenvalue weighted by atomic mass is 32.2. The Morgan fingerprint density at radius 1 is 1.16 bits per heavy atom. The number of sulfonamides is 1. The first-order valence-corrected chi connectivity index (χ1v) is 10.9. The standard InChI is InChI=1S/C19H30N2O3S/c1-3-21(18-11-9-10-17(2)16-18)19(22)12-5-8-15-25(23,24)20-13-6-4-7-14-20/h9-11,16H,3-8,12-15H2,1-2H3. The van der Waals surface area contributed by atoms with Gasteiger partial charge in [-0.2, -0.15) is 0 Å². The van der Waals surface area contributed by atoms with Crippen LogP contribution in [0.15, 0.2) is 24.3 Å². The van der Waals surface area contributed by atoms with E-state index in [4.69, 9.17) is 0 Å². The van der Waals surface area contributed by atoms with E-state index < -0.39 is 10.0 Å². The van der Waals surface area contributed by atoms with Gasteiger partial charge in [-0.05, 0) is 57.2 Å². The van der Waals surface area contributed by atoms with Gasteiger partial charge in [0.2, 0.25) is 15.9 Å². The summed E-state index contributed by atoms with van der Waals surface area (Å²) in [5.74, 6) is 0.208. The SMILES string of the molecule is CCN(C(=O)CCCCS(=O)(=O)N1CCCCC1)c1cccc(C)c1. The zero-order valence-corrected chi connectivity index (χ0v) is 16.2.